The zero-order valence-electron chi connectivity index (χ0n) is 19.1. The zero-order chi connectivity index (χ0) is 27.0. The minimum absolute atomic E-state index is 0.219. The summed E-state index contributed by atoms with van der Waals surface area (Å²) in [6.45, 7) is 1.20. The number of hydrogen-bond donors (Lipinski definition) is 0. The van der Waals surface area contributed by atoms with Crippen LogP contribution < -0.4 is 4.74 Å². The van der Waals surface area contributed by atoms with Crippen molar-refractivity contribution in [3.05, 3.63) is 64.9 Å². The topological polar surface area (TPSA) is 84.1 Å². The molecule has 2 aromatic carbocycles. The first-order valence-electron chi connectivity index (χ1n) is 10.6. The van der Waals surface area contributed by atoms with Crippen molar-refractivity contribution in [2.75, 3.05) is 6.61 Å². The van der Waals surface area contributed by atoms with Crippen LogP contribution in [-0.2, 0) is 22.5 Å². The summed E-state index contributed by atoms with van der Waals surface area (Å²) < 4.78 is 78.4. The van der Waals surface area contributed by atoms with Crippen molar-refractivity contribution in [3.63, 3.8) is 0 Å². The minimum atomic E-state index is -4.83. The molecule has 0 saturated heterocycles. The third kappa shape index (κ3) is 5.48. The highest BCUT2D eigenvalue weighted by molar-refractivity contribution is 9.10. The molecule has 8 nitrogen and oxygen atoms in total. The van der Waals surface area contributed by atoms with Crippen molar-refractivity contribution < 1.29 is 36.2 Å². The van der Waals surface area contributed by atoms with Gasteiger partial charge in [-0.15, -0.1) is 18.3 Å². The van der Waals surface area contributed by atoms with Crippen molar-refractivity contribution in [3.8, 4) is 34.0 Å². The van der Waals surface area contributed by atoms with E-state index in [0.717, 1.165) is 18.2 Å². The van der Waals surface area contributed by atoms with Gasteiger partial charge in [-0.3, -0.25) is 4.68 Å². The molecule has 194 valence electrons. The van der Waals surface area contributed by atoms with Crippen LogP contribution in [0.1, 0.15) is 12.6 Å². The number of nitrogens with zero attached hydrogens (tertiary/aromatic N) is 5. The molecule has 0 fully saturated rings. The first-order chi connectivity index (χ1) is 17.4. The summed E-state index contributed by atoms with van der Waals surface area (Å²) >= 11 is 3.38. The number of halogens is 6. The van der Waals surface area contributed by atoms with Gasteiger partial charge < -0.3 is 9.47 Å². The van der Waals surface area contributed by atoms with E-state index in [1.807, 2.05) is 0 Å². The molecule has 2 aromatic heterocycles. The molecule has 0 N–H and O–H groups in total. The Morgan fingerprint density at radius 2 is 1.73 bits per heavy atom. The van der Waals surface area contributed by atoms with Crippen molar-refractivity contribution in [1.29, 1.82) is 0 Å². The number of benzene rings is 2. The lowest BCUT2D eigenvalue weighted by atomic mass is 10.1. The zero-order valence-corrected chi connectivity index (χ0v) is 20.7. The Kier molecular flexibility index (Phi) is 7.04. The van der Waals surface area contributed by atoms with E-state index in [1.54, 1.807) is 18.2 Å². The van der Waals surface area contributed by atoms with Crippen molar-refractivity contribution in [2.45, 2.75) is 19.2 Å². The fourth-order valence-corrected chi connectivity index (χ4v) is 3.88. The van der Waals surface area contributed by atoms with E-state index in [1.165, 1.54) is 41.7 Å². The number of rotatable bonds is 7. The molecule has 4 aromatic rings. The molecule has 0 aliphatic carbocycles. The van der Waals surface area contributed by atoms with E-state index in [4.69, 9.17) is 0 Å². The number of aromatic nitrogens is 5. The van der Waals surface area contributed by atoms with Gasteiger partial charge in [-0.05, 0) is 55.5 Å². The van der Waals surface area contributed by atoms with Crippen LogP contribution in [0.2, 0.25) is 0 Å². The summed E-state index contributed by atoms with van der Waals surface area (Å²) in [4.78, 5) is 11.8. The number of carbonyl (C=O) groups excluding carboxylic acids is 1. The molecule has 4 rings (SSSR count). The Bertz CT molecular complexity index is 1430. The molecule has 0 aliphatic rings. The van der Waals surface area contributed by atoms with Crippen LogP contribution in [0, 0.1) is 0 Å². The molecular weight excluding hydrogens is 569 g/mol. The number of aryl methyl sites for hydroxylation is 1. The number of ether oxygens (including phenoxy) is 2. The molecule has 0 aliphatic heterocycles. The van der Waals surface area contributed by atoms with Crippen LogP contribution in [0.3, 0.4) is 0 Å². The number of carbonyl (C=O) groups is 1. The average molecular weight is 586 g/mol. The number of alkyl halides is 5. The van der Waals surface area contributed by atoms with Gasteiger partial charge in [0.05, 0.1) is 29.9 Å². The van der Waals surface area contributed by atoms with Crippen LogP contribution in [0.4, 0.5) is 22.0 Å². The van der Waals surface area contributed by atoms with Crippen molar-refractivity contribution in [1.82, 2.24) is 24.8 Å². The molecular formula is C23H17BrF5N5O3. The second-order valence-corrected chi connectivity index (χ2v) is 8.51. The summed E-state index contributed by atoms with van der Waals surface area (Å²) in [6.07, 6.45) is -3.43. The van der Waals surface area contributed by atoms with Crippen LogP contribution in [-0.4, -0.2) is 43.7 Å². The van der Waals surface area contributed by atoms with E-state index >= 15 is 0 Å². The predicted molar refractivity (Wildman–Crippen MR) is 124 cm³/mol. The SMILES string of the molecule is CCOC(=O)C(F)(F)c1cc(-c2ccc(Br)cc2-n2nncc2-c2ccc(OC(F)(F)F)cc2)n(C)n1. The van der Waals surface area contributed by atoms with Gasteiger partial charge in [0.15, 0.2) is 0 Å². The maximum atomic E-state index is 14.6. The summed E-state index contributed by atoms with van der Waals surface area (Å²) in [5.74, 6) is -6.09. The van der Waals surface area contributed by atoms with Gasteiger partial charge in [-0.1, -0.05) is 21.1 Å². The molecule has 0 bridgehead atoms. The lowest BCUT2D eigenvalue weighted by molar-refractivity contribution is -0.274. The van der Waals surface area contributed by atoms with E-state index in [9.17, 15) is 26.7 Å². The maximum Gasteiger partial charge on any atom is 0.573 e. The number of hydrogen-bond acceptors (Lipinski definition) is 6. The van der Waals surface area contributed by atoms with Gasteiger partial charge in [0.1, 0.15) is 11.4 Å². The largest absolute Gasteiger partial charge is 0.573 e. The van der Waals surface area contributed by atoms with Gasteiger partial charge >= 0.3 is 18.3 Å². The Morgan fingerprint density at radius 3 is 2.38 bits per heavy atom. The highest BCUT2D eigenvalue weighted by Crippen LogP contribution is 2.36. The average Bonchev–Trinajstić information content (AvgIpc) is 3.46. The maximum absolute atomic E-state index is 14.6. The van der Waals surface area contributed by atoms with E-state index < -0.39 is 29.7 Å². The lowest BCUT2D eigenvalue weighted by Gasteiger charge is -2.13. The standard InChI is InChI=1S/C23H17BrF5N5O3/c1-3-36-21(35)22(25,26)20-11-17(33(2)31-20)16-9-6-14(24)10-18(16)34-19(12-30-32-34)13-4-7-15(8-5-13)37-23(27,28)29/h4-12H,3H2,1-2H3. The Labute approximate surface area is 214 Å². The van der Waals surface area contributed by atoms with Crippen LogP contribution in [0.25, 0.3) is 28.2 Å². The highest BCUT2D eigenvalue weighted by Gasteiger charge is 2.45. The molecule has 14 heteroatoms. The van der Waals surface area contributed by atoms with E-state index in [0.29, 0.717) is 27.0 Å². The smallest absolute Gasteiger partial charge is 0.461 e. The Balaban J connectivity index is 1.77. The second-order valence-electron chi connectivity index (χ2n) is 7.60. The van der Waals surface area contributed by atoms with Crippen molar-refractivity contribution >= 4 is 21.9 Å². The molecule has 0 atom stereocenters. The van der Waals surface area contributed by atoms with Gasteiger partial charge in [0, 0.05) is 22.6 Å². The summed E-state index contributed by atoms with van der Waals surface area (Å²) in [7, 11) is 1.44. The Hall–Kier alpha value is -3.81. The molecule has 37 heavy (non-hydrogen) atoms. The molecule has 0 radical (unpaired) electrons. The Morgan fingerprint density at radius 1 is 1.03 bits per heavy atom. The van der Waals surface area contributed by atoms with Gasteiger partial charge in [-0.25, -0.2) is 9.48 Å². The van der Waals surface area contributed by atoms with E-state index in [2.05, 4.69) is 40.8 Å². The first kappa shape index (κ1) is 26.3. The summed E-state index contributed by atoms with van der Waals surface area (Å²) in [6, 6.07) is 11.1. The first-order valence-corrected chi connectivity index (χ1v) is 11.4. The quantitative estimate of drug-likeness (QED) is 0.206. The molecule has 0 amide bonds. The summed E-state index contributed by atoms with van der Waals surface area (Å²) in [5.41, 5.74) is 1.11. The van der Waals surface area contributed by atoms with E-state index in [-0.39, 0.29) is 12.3 Å². The fraction of sp³-hybridized carbons (Fsp3) is 0.217. The second kappa shape index (κ2) is 9.92. The minimum Gasteiger partial charge on any atom is -0.461 e. The third-order valence-corrected chi connectivity index (χ3v) is 5.62. The van der Waals surface area contributed by atoms with Crippen LogP contribution in [0.5, 0.6) is 5.75 Å². The fourth-order valence-electron chi connectivity index (χ4n) is 3.53. The number of esters is 1. The van der Waals surface area contributed by atoms with Gasteiger partial charge in [0.25, 0.3) is 0 Å². The lowest BCUT2D eigenvalue weighted by Crippen LogP contribution is -2.28. The predicted octanol–water partition coefficient (Wildman–Crippen LogP) is 5.65. The monoisotopic (exact) mass is 585 g/mol. The van der Waals surface area contributed by atoms with Gasteiger partial charge in [-0.2, -0.15) is 13.9 Å². The summed E-state index contributed by atoms with van der Waals surface area (Å²) in [5, 5.41) is 11.8. The molecule has 2 heterocycles. The molecule has 0 saturated carbocycles. The third-order valence-electron chi connectivity index (χ3n) is 5.13. The van der Waals surface area contributed by atoms with Crippen molar-refractivity contribution in [2.24, 2.45) is 7.05 Å². The van der Waals surface area contributed by atoms with Crippen LogP contribution in [0.15, 0.2) is 59.2 Å². The normalized spacial score (nSPS) is 12.0. The highest BCUT2D eigenvalue weighted by atomic mass is 79.9. The molecule has 0 unspecified atom stereocenters. The van der Waals surface area contributed by atoms with Gasteiger partial charge in [0.2, 0.25) is 0 Å². The van der Waals surface area contributed by atoms with Crippen LogP contribution >= 0.6 is 15.9 Å². The molecule has 0 spiro atoms.